The summed E-state index contributed by atoms with van der Waals surface area (Å²) in [6.07, 6.45) is 0. The van der Waals surface area contributed by atoms with Gasteiger partial charge in [-0.15, -0.1) is 0 Å². The van der Waals surface area contributed by atoms with Crippen molar-refractivity contribution in [2.75, 3.05) is 11.2 Å². The number of hydrogen-bond donors (Lipinski definition) is 2. The minimum atomic E-state index is -4.11. The van der Waals surface area contributed by atoms with E-state index in [-0.39, 0.29) is 21.7 Å². The summed E-state index contributed by atoms with van der Waals surface area (Å²) in [5.41, 5.74) is 0.451. The Hall–Kier alpha value is -2.49. The smallest absolute Gasteiger partial charge is 0.394 e. The SMILES string of the molecule is Cc1cc(NC(=O)C(=O)O)cc(C)c1S(=O)(=O)C[N+](=O)[O-]. The average Bonchev–Trinajstić information content (AvgIpc) is 2.24. The van der Waals surface area contributed by atoms with Crippen molar-refractivity contribution in [2.45, 2.75) is 18.7 Å². The fourth-order valence-corrected chi connectivity index (χ4v) is 3.41. The van der Waals surface area contributed by atoms with Crippen LogP contribution in [-0.4, -0.2) is 36.2 Å². The van der Waals surface area contributed by atoms with Gasteiger partial charge in [0, 0.05) is 10.6 Å². The lowest BCUT2D eigenvalue weighted by molar-refractivity contribution is -0.458. The molecule has 0 aliphatic rings. The van der Waals surface area contributed by atoms with Gasteiger partial charge in [-0.3, -0.25) is 14.9 Å². The highest BCUT2D eigenvalue weighted by atomic mass is 32.2. The quantitative estimate of drug-likeness (QED) is 0.463. The number of amides is 1. The van der Waals surface area contributed by atoms with Gasteiger partial charge in [-0.2, -0.15) is 0 Å². The second-order valence-electron chi connectivity index (χ2n) is 4.28. The second kappa shape index (κ2) is 5.87. The summed E-state index contributed by atoms with van der Waals surface area (Å²) >= 11 is 0. The maximum Gasteiger partial charge on any atom is 0.394 e. The van der Waals surface area contributed by atoms with Crippen molar-refractivity contribution in [3.05, 3.63) is 33.4 Å². The predicted octanol–water partition coefficient (Wildman–Crippen LogP) is 0.334. The molecule has 9 nitrogen and oxygen atoms in total. The molecule has 1 aromatic rings. The summed E-state index contributed by atoms with van der Waals surface area (Å²) in [6.45, 7) is 2.80. The predicted molar refractivity (Wildman–Crippen MR) is 71.2 cm³/mol. The van der Waals surface area contributed by atoms with Gasteiger partial charge < -0.3 is 10.4 Å². The summed E-state index contributed by atoms with van der Waals surface area (Å²) in [6, 6.07) is 2.47. The maximum absolute atomic E-state index is 11.9. The molecule has 0 saturated heterocycles. The number of anilines is 1. The van der Waals surface area contributed by atoms with Gasteiger partial charge in [-0.25, -0.2) is 13.2 Å². The van der Waals surface area contributed by atoms with Crippen LogP contribution in [-0.2, 0) is 19.4 Å². The minimum absolute atomic E-state index is 0.0949. The minimum Gasteiger partial charge on any atom is -0.474 e. The van der Waals surface area contributed by atoms with Crippen molar-refractivity contribution in [2.24, 2.45) is 0 Å². The Labute approximate surface area is 119 Å². The van der Waals surface area contributed by atoms with Crippen molar-refractivity contribution >= 4 is 27.4 Å². The highest BCUT2D eigenvalue weighted by Crippen LogP contribution is 2.25. The van der Waals surface area contributed by atoms with Crippen LogP contribution in [0, 0.1) is 24.0 Å². The molecule has 0 aliphatic heterocycles. The molecule has 21 heavy (non-hydrogen) atoms. The first-order chi connectivity index (χ1) is 9.54. The summed E-state index contributed by atoms with van der Waals surface area (Å²) in [4.78, 5) is 30.7. The van der Waals surface area contributed by atoms with Gasteiger partial charge in [-0.05, 0) is 37.1 Å². The fraction of sp³-hybridized carbons (Fsp3) is 0.273. The lowest BCUT2D eigenvalue weighted by Gasteiger charge is -2.11. The number of carboxylic acid groups (broad SMARTS) is 1. The molecule has 0 fully saturated rings. The van der Waals surface area contributed by atoms with Crippen LogP contribution in [0.25, 0.3) is 0 Å². The number of hydrogen-bond acceptors (Lipinski definition) is 6. The summed E-state index contributed by atoms with van der Waals surface area (Å²) in [5, 5.41) is 21.0. The summed E-state index contributed by atoms with van der Waals surface area (Å²) < 4.78 is 23.8. The average molecular weight is 316 g/mol. The second-order valence-corrected chi connectivity index (χ2v) is 6.17. The van der Waals surface area contributed by atoms with Gasteiger partial charge in [0.25, 0.3) is 0 Å². The van der Waals surface area contributed by atoms with E-state index in [2.05, 4.69) is 5.32 Å². The van der Waals surface area contributed by atoms with Crippen LogP contribution < -0.4 is 5.32 Å². The number of benzene rings is 1. The molecule has 1 amide bonds. The molecule has 0 unspecified atom stereocenters. The molecule has 0 saturated carbocycles. The van der Waals surface area contributed by atoms with Gasteiger partial charge >= 0.3 is 17.8 Å². The Balaban J connectivity index is 3.26. The molecule has 0 atom stereocenters. The van der Waals surface area contributed by atoms with Crippen LogP contribution >= 0.6 is 0 Å². The Kier molecular flexibility index (Phi) is 4.63. The normalized spacial score (nSPS) is 11.0. The molecule has 0 aromatic heterocycles. The van der Waals surface area contributed by atoms with Crippen LogP contribution in [0.1, 0.15) is 11.1 Å². The van der Waals surface area contributed by atoms with Crippen LogP contribution in [0.3, 0.4) is 0 Å². The number of sulfone groups is 1. The highest BCUT2D eigenvalue weighted by molar-refractivity contribution is 7.91. The van der Waals surface area contributed by atoms with Crippen molar-refractivity contribution in [3.63, 3.8) is 0 Å². The van der Waals surface area contributed by atoms with Crippen LogP contribution in [0.5, 0.6) is 0 Å². The van der Waals surface area contributed by atoms with Crippen LogP contribution in [0.4, 0.5) is 5.69 Å². The lowest BCUT2D eigenvalue weighted by atomic mass is 10.1. The van der Waals surface area contributed by atoms with E-state index in [4.69, 9.17) is 5.11 Å². The number of rotatable bonds is 4. The molecule has 0 spiro atoms. The monoisotopic (exact) mass is 316 g/mol. The molecule has 1 rings (SSSR count). The largest absolute Gasteiger partial charge is 0.474 e. The van der Waals surface area contributed by atoms with E-state index in [1.165, 1.54) is 26.0 Å². The topological polar surface area (TPSA) is 144 Å². The van der Waals surface area contributed by atoms with E-state index in [1.807, 2.05) is 0 Å². The number of aryl methyl sites for hydroxylation is 2. The molecule has 10 heteroatoms. The lowest BCUT2D eigenvalue weighted by Crippen LogP contribution is -2.22. The first-order valence-corrected chi connectivity index (χ1v) is 7.20. The van der Waals surface area contributed by atoms with Gasteiger partial charge in [0.15, 0.2) is 0 Å². The fourth-order valence-electron chi connectivity index (χ4n) is 1.90. The Morgan fingerprint density at radius 1 is 1.29 bits per heavy atom. The zero-order valence-corrected chi connectivity index (χ0v) is 11.9. The van der Waals surface area contributed by atoms with E-state index in [0.29, 0.717) is 0 Å². The van der Waals surface area contributed by atoms with E-state index in [9.17, 15) is 28.1 Å². The zero-order valence-electron chi connectivity index (χ0n) is 11.1. The van der Waals surface area contributed by atoms with Crippen molar-refractivity contribution in [1.82, 2.24) is 0 Å². The highest BCUT2D eigenvalue weighted by Gasteiger charge is 2.26. The number of nitrogens with zero attached hydrogens (tertiary/aromatic N) is 1. The molecule has 2 N–H and O–H groups in total. The standard InChI is InChI=1S/C11H12N2O7S/c1-6-3-8(12-10(14)11(15)16)4-7(2)9(6)21(19,20)5-13(17)18/h3-4H,5H2,1-2H3,(H,12,14)(H,15,16). The van der Waals surface area contributed by atoms with E-state index >= 15 is 0 Å². The van der Waals surface area contributed by atoms with E-state index in [0.717, 1.165) is 0 Å². The van der Waals surface area contributed by atoms with E-state index < -0.39 is 32.5 Å². The Morgan fingerprint density at radius 3 is 2.14 bits per heavy atom. The Morgan fingerprint density at radius 2 is 1.76 bits per heavy atom. The zero-order chi connectivity index (χ0) is 16.4. The van der Waals surface area contributed by atoms with Gasteiger partial charge in [0.2, 0.25) is 9.84 Å². The number of nitrogens with one attached hydrogen (secondary N) is 1. The van der Waals surface area contributed by atoms with Crippen LogP contribution in [0.15, 0.2) is 17.0 Å². The van der Waals surface area contributed by atoms with Gasteiger partial charge in [-0.1, -0.05) is 0 Å². The number of carbonyl (C=O) groups excluding carboxylic acids is 1. The molecular formula is C11H12N2O7S. The molecule has 0 radical (unpaired) electrons. The third kappa shape index (κ3) is 3.99. The molecule has 1 aromatic carbocycles. The van der Waals surface area contributed by atoms with Crippen molar-refractivity contribution in [1.29, 1.82) is 0 Å². The number of nitro groups is 1. The van der Waals surface area contributed by atoms with Crippen molar-refractivity contribution < 1.29 is 28.0 Å². The Bertz CT molecular complexity index is 701. The number of carbonyl (C=O) groups is 2. The first-order valence-electron chi connectivity index (χ1n) is 5.54. The third-order valence-electron chi connectivity index (χ3n) is 2.50. The summed E-state index contributed by atoms with van der Waals surface area (Å²) in [7, 11) is -4.11. The first kappa shape index (κ1) is 16.6. The van der Waals surface area contributed by atoms with Crippen LogP contribution in [0.2, 0.25) is 0 Å². The van der Waals surface area contributed by atoms with Crippen molar-refractivity contribution in [3.8, 4) is 0 Å². The molecule has 114 valence electrons. The van der Waals surface area contributed by atoms with E-state index in [1.54, 1.807) is 0 Å². The molecule has 0 heterocycles. The maximum atomic E-state index is 11.9. The van der Waals surface area contributed by atoms with Gasteiger partial charge in [0.1, 0.15) is 0 Å². The molecule has 0 bridgehead atoms. The molecule has 0 aliphatic carbocycles. The molecular weight excluding hydrogens is 304 g/mol. The third-order valence-corrected chi connectivity index (χ3v) is 4.32. The number of carboxylic acids is 1. The van der Waals surface area contributed by atoms with Gasteiger partial charge in [0.05, 0.1) is 4.90 Å². The number of aliphatic carboxylic acids is 1. The summed E-state index contributed by atoms with van der Waals surface area (Å²) in [5.74, 6) is -4.19.